The lowest BCUT2D eigenvalue weighted by molar-refractivity contribution is -0.999. The minimum absolute atomic E-state index is 0.106. The number of quaternary nitrogens is 2. The van der Waals surface area contributed by atoms with Gasteiger partial charge in [-0.25, -0.2) is 0 Å². The smallest absolute Gasteiger partial charge is 0.236 e. The number of hydrogen-bond acceptors (Lipinski definition) is 5. The maximum Gasteiger partial charge on any atom is 0.236 e. The minimum atomic E-state index is -0.106. The summed E-state index contributed by atoms with van der Waals surface area (Å²) in [5.41, 5.74) is 1.26. The number of morpholine rings is 2. The molecule has 0 bridgehead atoms. The number of ether oxygens (including phenoxy) is 2. The molecule has 2 aromatic rings. The highest BCUT2D eigenvalue weighted by Gasteiger charge is 2.46. The van der Waals surface area contributed by atoms with Crippen molar-refractivity contribution in [2.45, 2.75) is 17.0 Å². The Kier molecular flexibility index (Phi) is 7.39. The van der Waals surface area contributed by atoms with E-state index in [1.165, 1.54) is 20.3 Å². The number of thioether (sulfide) groups is 1. The molecule has 2 aliphatic heterocycles. The quantitative estimate of drug-likeness (QED) is 0.495. The first-order valence-electron chi connectivity index (χ1n) is 10.3. The van der Waals surface area contributed by atoms with Crippen LogP contribution in [0.1, 0.15) is 21.3 Å². The van der Waals surface area contributed by atoms with Gasteiger partial charge in [0.2, 0.25) is 11.8 Å². The summed E-state index contributed by atoms with van der Waals surface area (Å²) in [4.78, 5) is 18.7. The highest BCUT2D eigenvalue weighted by Crippen LogP contribution is 2.22. The Hall–Kier alpha value is -1.22. The van der Waals surface area contributed by atoms with Crippen LogP contribution in [-0.4, -0.2) is 70.7 Å². The molecule has 29 heavy (non-hydrogen) atoms. The predicted molar refractivity (Wildman–Crippen MR) is 116 cm³/mol. The molecule has 0 radical (unpaired) electrons. The normalized spacial score (nSPS) is 21.0. The van der Waals surface area contributed by atoms with Gasteiger partial charge < -0.3 is 19.3 Å². The number of nitrogens with one attached hydrogen (secondary N) is 2. The number of carbonyl (C=O) groups excluding carboxylic acids is 1. The third-order valence-electron chi connectivity index (χ3n) is 6.00. The molecule has 3 heterocycles. The molecule has 0 saturated carbocycles. The summed E-state index contributed by atoms with van der Waals surface area (Å²) >= 11 is 3.31. The number of Topliss-reactive ketones (excluding diaryl/α,β-unsaturated/α-hetero) is 1. The van der Waals surface area contributed by atoms with Crippen molar-refractivity contribution >= 4 is 28.9 Å². The summed E-state index contributed by atoms with van der Waals surface area (Å²) in [6, 6.07) is 12.8. The number of hydrogen-bond donors (Lipinski definition) is 2. The number of carbonyl (C=O) groups is 1. The van der Waals surface area contributed by atoms with E-state index >= 15 is 0 Å². The first-order valence-corrected chi connectivity index (χ1v) is 12.4. The zero-order chi connectivity index (χ0) is 20.1. The van der Waals surface area contributed by atoms with Gasteiger partial charge in [0.05, 0.1) is 31.3 Å². The van der Waals surface area contributed by atoms with E-state index in [1.54, 1.807) is 23.1 Å². The molecule has 1 aromatic heterocycles. The van der Waals surface area contributed by atoms with Crippen molar-refractivity contribution in [3.05, 3.63) is 52.2 Å². The second-order valence-corrected chi connectivity index (χ2v) is 9.44. The van der Waals surface area contributed by atoms with Gasteiger partial charge in [0, 0.05) is 10.5 Å². The standard InChI is InChI=1S/C22H28N2O3S2/c1-28-18-6-4-17(5-7-18)20(23-8-12-26-13-9-23)21(24-10-14-27-15-11-24)22(25)19-3-2-16-29-19/h2-7,16,20-21H,8-15H2,1H3/p+2. The van der Waals surface area contributed by atoms with E-state index in [9.17, 15) is 4.79 Å². The molecule has 156 valence electrons. The topological polar surface area (TPSA) is 44.4 Å². The first kappa shape index (κ1) is 21.0. The fourth-order valence-electron chi connectivity index (χ4n) is 4.51. The zero-order valence-electron chi connectivity index (χ0n) is 16.9. The van der Waals surface area contributed by atoms with Gasteiger partial charge in [0.25, 0.3) is 0 Å². The van der Waals surface area contributed by atoms with E-state index in [0.29, 0.717) is 0 Å². The molecule has 7 heteroatoms. The van der Waals surface area contributed by atoms with E-state index in [2.05, 4.69) is 30.5 Å². The van der Waals surface area contributed by atoms with Crippen molar-refractivity contribution in [1.82, 2.24) is 0 Å². The predicted octanol–water partition coefficient (Wildman–Crippen LogP) is 0.593. The van der Waals surface area contributed by atoms with Gasteiger partial charge in [-0.1, -0.05) is 18.2 Å². The third-order valence-corrected chi connectivity index (χ3v) is 7.63. The highest BCUT2D eigenvalue weighted by molar-refractivity contribution is 7.98. The molecule has 5 nitrogen and oxygen atoms in total. The molecule has 0 aliphatic carbocycles. The third kappa shape index (κ3) is 4.93. The summed E-state index contributed by atoms with van der Waals surface area (Å²) in [6.07, 6.45) is 2.10. The molecule has 1 aromatic carbocycles. The maximum atomic E-state index is 13.8. The van der Waals surface area contributed by atoms with E-state index in [1.807, 2.05) is 17.5 Å². The molecular weight excluding hydrogens is 404 g/mol. The first-order chi connectivity index (χ1) is 14.3. The molecule has 4 rings (SSSR count). The Balaban J connectivity index is 1.74. The van der Waals surface area contributed by atoms with Gasteiger partial charge in [0.1, 0.15) is 26.2 Å². The molecule has 2 N–H and O–H groups in total. The Morgan fingerprint density at radius 2 is 1.59 bits per heavy atom. The lowest BCUT2D eigenvalue weighted by atomic mass is 9.91. The average molecular weight is 435 g/mol. The van der Waals surface area contributed by atoms with Crippen molar-refractivity contribution in [2.24, 2.45) is 0 Å². The van der Waals surface area contributed by atoms with Gasteiger partial charge in [-0.05, 0) is 29.8 Å². The van der Waals surface area contributed by atoms with Crippen molar-refractivity contribution in [1.29, 1.82) is 0 Å². The van der Waals surface area contributed by atoms with Gasteiger partial charge in [-0.3, -0.25) is 4.79 Å². The van der Waals surface area contributed by atoms with Crippen LogP contribution in [0.4, 0.5) is 0 Å². The van der Waals surface area contributed by atoms with Crippen LogP contribution in [0.15, 0.2) is 46.7 Å². The maximum absolute atomic E-state index is 13.8. The summed E-state index contributed by atoms with van der Waals surface area (Å²) in [7, 11) is 0. The van der Waals surface area contributed by atoms with Gasteiger partial charge in [0.15, 0.2) is 6.04 Å². The Morgan fingerprint density at radius 3 is 2.14 bits per heavy atom. The van der Waals surface area contributed by atoms with Crippen molar-refractivity contribution in [2.75, 3.05) is 58.9 Å². The molecular formula is C22H30N2O3S2+2. The van der Waals surface area contributed by atoms with Crippen molar-refractivity contribution < 1.29 is 24.1 Å². The summed E-state index contributed by atoms with van der Waals surface area (Å²) in [6.45, 7) is 6.59. The second-order valence-electron chi connectivity index (χ2n) is 7.61. The van der Waals surface area contributed by atoms with E-state index in [4.69, 9.17) is 9.47 Å². The largest absolute Gasteiger partial charge is 0.370 e. The zero-order valence-corrected chi connectivity index (χ0v) is 18.5. The number of thiophene rings is 1. The van der Waals surface area contributed by atoms with Crippen LogP contribution in [0.25, 0.3) is 0 Å². The summed E-state index contributed by atoms with van der Waals surface area (Å²) in [5, 5.41) is 2.00. The minimum Gasteiger partial charge on any atom is -0.370 e. The van der Waals surface area contributed by atoms with E-state index < -0.39 is 0 Å². The molecule has 2 atom stereocenters. The van der Waals surface area contributed by atoms with Gasteiger partial charge >= 0.3 is 0 Å². The fraction of sp³-hybridized carbons (Fsp3) is 0.500. The lowest BCUT2D eigenvalue weighted by Crippen LogP contribution is -3.25. The molecule has 0 amide bonds. The lowest BCUT2D eigenvalue weighted by Gasteiger charge is -2.39. The molecule has 2 unspecified atom stereocenters. The van der Waals surface area contributed by atoms with Crippen LogP contribution in [0.2, 0.25) is 0 Å². The Labute approximate surface area is 181 Å². The van der Waals surface area contributed by atoms with Crippen LogP contribution >= 0.6 is 23.1 Å². The van der Waals surface area contributed by atoms with Crippen LogP contribution in [0, 0.1) is 0 Å². The van der Waals surface area contributed by atoms with Gasteiger partial charge in [-0.15, -0.1) is 23.1 Å². The average Bonchev–Trinajstić information content (AvgIpc) is 3.33. The molecule has 0 spiro atoms. The van der Waals surface area contributed by atoms with Crippen LogP contribution in [0.5, 0.6) is 0 Å². The van der Waals surface area contributed by atoms with Crippen molar-refractivity contribution in [3.63, 3.8) is 0 Å². The highest BCUT2D eigenvalue weighted by atomic mass is 32.2. The van der Waals surface area contributed by atoms with Crippen LogP contribution in [0.3, 0.4) is 0 Å². The number of ketones is 1. The monoisotopic (exact) mass is 434 g/mol. The molecule has 2 aliphatic rings. The Morgan fingerprint density at radius 1 is 0.966 bits per heavy atom. The SMILES string of the molecule is CSc1ccc(C(C(C(=O)c2cccs2)[NH+]2CCOCC2)[NH+]2CCOCC2)cc1. The van der Waals surface area contributed by atoms with E-state index in [-0.39, 0.29) is 17.9 Å². The van der Waals surface area contributed by atoms with Crippen LogP contribution in [-0.2, 0) is 9.47 Å². The Bertz CT molecular complexity index is 770. The molecule has 2 saturated heterocycles. The number of rotatable bonds is 7. The van der Waals surface area contributed by atoms with Crippen molar-refractivity contribution in [3.8, 4) is 0 Å². The number of benzene rings is 1. The fourth-order valence-corrected chi connectivity index (χ4v) is 5.62. The van der Waals surface area contributed by atoms with Gasteiger partial charge in [-0.2, -0.15) is 0 Å². The summed E-state index contributed by atoms with van der Waals surface area (Å²) < 4.78 is 11.3. The van der Waals surface area contributed by atoms with Crippen LogP contribution < -0.4 is 9.80 Å². The second kappa shape index (κ2) is 10.2. The summed E-state index contributed by atoms with van der Waals surface area (Å²) in [5.74, 6) is 0.273. The van der Waals surface area contributed by atoms with E-state index in [0.717, 1.165) is 57.5 Å². The molecule has 2 fully saturated rings.